The van der Waals surface area contributed by atoms with E-state index in [0.29, 0.717) is 0 Å². The number of allylic oxidation sites excluding steroid dienone is 4. The van der Waals surface area contributed by atoms with Crippen LogP contribution in [-0.2, 0) is 30.3 Å². The number of carbonyl (C=O) groups is 3. The Kier molecular flexibility index (Phi) is 6.58. The molecule has 0 spiro atoms. The molecular weight excluding hydrogens is 392 g/mol. The molecule has 4 rings (SSSR count). The van der Waals surface area contributed by atoms with E-state index in [-0.39, 0.29) is 11.6 Å². The van der Waals surface area contributed by atoms with Gasteiger partial charge in [0.05, 0.1) is 0 Å². The van der Waals surface area contributed by atoms with Crippen LogP contribution in [0.4, 0.5) is 0 Å². The first-order valence-corrected chi connectivity index (χ1v) is 9.71. The van der Waals surface area contributed by atoms with Gasteiger partial charge in [0, 0.05) is 12.5 Å². The molecule has 5 heteroatoms. The second-order valence-electron chi connectivity index (χ2n) is 7.08. The lowest BCUT2D eigenvalue weighted by Crippen LogP contribution is -2.29. The maximum absolute atomic E-state index is 11.2. The Hall–Kier alpha value is -3.83. The van der Waals surface area contributed by atoms with Gasteiger partial charge in [0.15, 0.2) is 17.2 Å². The van der Waals surface area contributed by atoms with Gasteiger partial charge in [-0.2, -0.15) is 0 Å². The highest BCUT2D eigenvalue weighted by Gasteiger charge is 2.32. The summed E-state index contributed by atoms with van der Waals surface area (Å²) in [5.41, 5.74) is -0.508. The van der Waals surface area contributed by atoms with Crippen LogP contribution in [0.3, 0.4) is 0 Å². The normalized spacial score (nSPS) is 17.6. The van der Waals surface area contributed by atoms with Gasteiger partial charge in [0.1, 0.15) is 5.60 Å². The fourth-order valence-corrected chi connectivity index (χ4v) is 3.21. The average Bonchev–Trinajstić information content (AvgIpc) is 2.79. The van der Waals surface area contributed by atoms with Gasteiger partial charge in [-0.25, -0.2) is 0 Å². The molecule has 0 atom stereocenters. The Balaban J connectivity index is 0.000000179. The molecule has 0 aromatic heterocycles. The lowest BCUT2D eigenvalue weighted by Gasteiger charge is -2.28. The van der Waals surface area contributed by atoms with Crippen molar-refractivity contribution >= 4 is 17.5 Å². The van der Waals surface area contributed by atoms with Crippen LogP contribution < -0.4 is 0 Å². The molecule has 2 aromatic carbocycles. The predicted molar refractivity (Wildman–Crippen MR) is 117 cm³/mol. The number of benzene rings is 2. The highest BCUT2D eigenvalue weighted by molar-refractivity contribution is 6.01. The highest BCUT2D eigenvalue weighted by Crippen LogP contribution is 2.31. The van der Waals surface area contributed by atoms with Crippen LogP contribution in [0, 0.1) is 0 Å². The van der Waals surface area contributed by atoms with Crippen LogP contribution in [0.25, 0.3) is 0 Å². The zero-order valence-corrected chi connectivity index (χ0v) is 17.0. The van der Waals surface area contributed by atoms with Crippen molar-refractivity contribution in [2.75, 3.05) is 0 Å². The minimum Gasteiger partial charge on any atom is -0.446 e. The maximum Gasteiger partial charge on any atom is 0.304 e. The number of hydrogen-bond acceptors (Lipinski definition) is 5. The van der Waals surface area contributed by atoms with Crippen molar-refractivity contribution in [1.82, 2.24) is 0 Å². The summed E-state index contributed by atoms with van der Waals surface area (Å²) in [5, 5.41) is 10.1. The Morgan fingerprint density at radius 3 is 1.58 bits per heavy atom. The number of rotatable bonds is 3. The lowest BCUT2D eigenvalue weighted by molar-refractivity contribution is -0.149. The fourth-order valence-electron chi connectivity index (χ4n) is 3.21. The number of carbonyl (C=O) groups excluding carboxylic acids is 3. The summed E-state index contributed by atoms with van der Waals surface area (Å²) in [5.74, 6) is -0.591. The van der Waals surface area contributed by atoms with Crippen LogP contribution in [0.5, 0.6) is 0 Å². The molecule has 0 bridgehead atoms. The van der Waals surface area contributed by atoms with E-state index in [1.807, 2.05) is 60.7 Å². The standard InChI is InChI=1S/C14H12O3.C12H10O2/c1-11(15)17-14(9-7-13(16)8-10-14)12-5-3-2-4-6-12;13-11-6-8-12(14,9-7-11)10-4-2-1-3-5-10/h2-10H,1H3;1-9,14H. The largest absolute Gasteiger partial charge is 0.446 e. The first kappa shape index (κ1) is 21.9. The SMILES string of the molecule is CC(=O)OC1(c2ccccc2)C=CC(=O)C=C1.O=C1C=CC(O)(c2ccccc2)C=C1. The van der Waals surface area contributed by atoms with E-state index < -0.39 is 17.2 Å². The van der Waals surface area contributed by atoms with E-state index in [4.69, 9.17) is 4.74 Å². The molecule has 0 unspecified atom stereocenters. The molecule has 0 saturated heterocycles. The van der Waals surface area contributed by atoms with E-state index in [1.165, 1.54) is 43.4 Å². The maximum atomic E-state index is 11.2. The van der Waals surface area contributed by atoms with Crippen molar-refractivity contribution in [3.63, 3.8) is 0 Å². The van der Waals surface area contributed by atoms with Crippen LogP contribution in [0.15, 0.2) is 109 Å². The third-order valence-corrected chi connectivity index (χ3v) is 4.77. The van der Waals surface area contributed by atoms with Gasteiger partial charge in [-0.15, -0.1) is 0 Å². The average molecular weight is 414 g/mol. The molecule has 0 aliphatic heterocycles. The topological polar surface area (TPSA) is 80.7 Å². The van der Waals surface area contributed by atoms with Crippen LogP contribution in [0.1, 0.15) is 18.1 Å². The molecule has 2 aliphatic carbocycles. The summed E-state index contributed by atoms with van der Waals surface area (Å²) in [6.45, 7) is 1.35. The number of ether oxygens (including phenoxy) is 1. The Bertz CT molecular complexity index is 1040. The second kappa shape index (κ2) is 9.32. The first-order chi connectivity index (χ1) is 14.8. The molecular formula is C26H22O5. The Morgan fingerprint density at radius 1 is 0.710 bits per heavy atom. The summed E-state index contributed by atoms with van der Waals surface area (Å²) in [6, 6.07) is 18.5. The molecule has 1 N–H and O–H groups in total. The monoisotopic (exact) mass is 414 g/mol. The summed E-state index contributed by atoms with van der Waals surface area (Å²) < 4.78 is 5.35. The molecule has 2 aromatic rings. The van der Waals surface area contributed by atoms with Gasteiger partial charge in [-0.05, 0) is 54.2 Å². The molecule has 2 aliphatic rings. The molecule has 5 nitrogen and oxygen atoms in total. The zero-order chi connectivity index (χ0) is 22.3. The molecule has 0 heterocycles. The van der Waals surface area contributed by atoms with Crippen molar-refractivity contribution < 1.29 is 24.2 Å². The highest BCUT2D eigenvalue weighted by atomic mass is 16.6. The Morgan fingerprint density at radius 2 is 1.13 bits per heavy atom. The minimum absolute atomic E-state index is 0.0920. The smallest absolute Gasteiger partial charge is 0.304 e. The number of hydrogen-bond donors (Lipinski definition) is 1. The minimum atomic E-state index is -1.13. The summed E-state index contributed by atoms with van der Waals surface area (Å²) >= 11 is 0. The molecule has 0 saturated carbocycles. The van der Waals surface area contributed by atoms with Crippen molar-refractivity contribution in [2.45, 2.75) is 18.1 Å². The summed E-state index contributed by atoms with van der Waals surface area (Å²) in [7, 11) is 0. The fraction of sp³-hybridized carbons (Fsp3) is 0.115. The van der Waals surface area contributed by atoms with Crippen molar-refractivity contribution in [3.05, 3.63) is 120 Å². The van der Waals surface area contributed by atoms with Gasteiger partial charge >= 0.3 is 5.97 Å². The third-order valence-electron chi connectivity index (χ3n) is 4.77. The van der Waals surface area contributed by atoms with Crippen molar-refractivity contribution in [3.8, 4) is 0 Å². The van der Waals surface area contributed by atoms with E-state index in [9.17, 15) is 19.5 Å². The van der Waals surface area contributed by atoms with E-state index in [0.717, 1.165) is 11.1 Å². The van der Waals surface area contributed by atoms with E-state index >= 15 is 0 Å². The van der Waals surface area contributed by atoms with E-state index in [2.05, 4.69) is 0 Å². The zero-order valence-electron chi connectivity index (χ0n) is 17.0. The number of aliphatic hydroxyl groups is 1. The van der Waals surface area contributed by atoms with Crippen LogP contribution >= 0.6 is 0 Å². The number of ketones is 2. The molecule has 156 valence electrons. The van der Waals surface area contributed by atoms with Gasteiger partial charge in [-0.3, -0.25) is 14.4 Å². The van der Waals surface area contributed by atoms with Crippen LogP contribution in [-0.4, -0.2) is 22.6 Å². The molecule has 31 heavy (non-hydrogen) atoms. The van der Waals surface area contributed by atoms with Crippen LogP contribution in [0.2, 0.25) is 0 Å². The Labute approximate surface area is 180 Å². The van der Waals surface area contributed by atoms with Gasteiger partial charge < -0.3 is 9.84 Å². The summed E-state index contributed by atoms with van der Waals surface area (Å²) in [4.78, 5) is 33.2. The predicted octanol–water partition coefficient (Wildman–Crippen LogP) is 3.71. The quantitative estimate of drug-likeness (QED) is 0.775. The van der Waals surface area contributed by atoms with E-state index in [1.54, 1.807) is 12.2 Å². The van der Waals surface area contributed by atoms with Crippen molar-refractivity contribution in [1.29, 1.82) is 0 Å². The molecule has 0 fully saturated rings. The molecule has 0 radical (unpaired) electrons. The van der Waals surface area contributed by atoms with Gasteiger partial charge in [0.2, 0.25) is 0 Å². The van der Waals surface area contributed by atoms with Crippen molar-refractivity contribution in [2.24, 2.45) is 0 Å². The summed E-state index contributed by atoms with van der Waals surface area (Å²) in [6.07, 6.45) is 11.8. The third kappa shape index (κ3) is 5.41. The first-order valence-electron chi connectivity index (χ1n) is 9.71. The van der Waals surface area contributed by atoms with Gasteiger partial charge in [-0.1, -0.05) is 60.7 Å². The second-order valence-corrected chi connectivity index (χ2v) is 7.08. The molecule has 0 amide bonds. The number of esters is 1. The lowest BCUT2D eigenvalue weighted by atomic mass is 9.89. The van der Waals surface area contributed by atoms with Gasteiger partial charge in [0.25, 0.3) is 0 Å².